The van der Waals surface area contributed by atoms with Gasteiger partial charge in [-0.1, -0.05) is 55.0 Å². The van der Waals surface area contributed by atoms with Crippen LogP contribution in [0, 0.1) is 18.8 Å². The van der Waals surface area contributed by atoms with Gasteiger partial charge in [-0.25, -0.2) is 4.79 Å². The first-order valence-electron chi connectivity index (χ1n) is 12.1. The maximum absolute atomic E-state index is 13.7. The third-order valence-corrected chi connectivity index (χ3v) is 6.70. The molecule has 0 spiro atoms. The van der Waals surface area contributed by atoms with Gasteiger partial charge in [0.25, 0.3) is 0 Å². The molecule has 4 rings (SSSR count). The van der Waals surface area contributed by atoms with Crippen molar-refractivity contribution in [3.8, 4) is 5.75 Å². The van der Waals surface area contributed by atoms with Crippen molar-refractivity contribution in [1.29, 1.82) is 0 Å². The van der Waals surface area contributed by atoms with Gasteiger partial charge in [-0.2, -0.15) is 0 Å². The number of methoxy groups -OCH3 is 1. The van der Waals surface area contributed by atoms with E-state index in [1.807, 2.05) is 75.4 Å². The Morgan fingerprint density at radius 1 is 1.00 bits per heavy atom. The van der Waals surface area contributed by atoms with Crippen LogP contribution in [0.25, 0.3) is 0 Å². The van der Waals surface area contributed by atoms with Crippen molar-refractivity contribution in [2.45, 2.75) is 33.1 Å². The smallest absolute Gasteiger partial charge is 0.336 e. The van der Waals surface area contributed by atoms with Crippen molar-refractivity contribution in [3.05, 3.63) is 88.3 Å². The molecule has 0 bridgehead atoms. The molecule has 1 aliphatic heterocycles. The molecule has 0 amide bonds. The Bertz CT molecular complexity index is 1210. The fourth-order valence-corrected chi connectivity index (χ4v) is 4.93. The monoisotopic (exact) mass is 489 g/mol. The summed E-state index contributed by atoms with van der Waals surface area (Å²) in [5.41, 5.74) is 3.98. The average molecular weight is 490 g/mol. The first kappa shape index (κ1) is 25.2. The molecule has 188 valence electrons. The minimum absolute atomic E-state index is 0.0484. The van der Waals surface area contributed by atoms with Gasteiger partial charge in [-0.3, -0.25) is 9.59 Å². The number of dihydropyridines is 1. The molecule has 0 aromatic heterocycles. The summed E-state index contributed by atoms with van der Waals surface area (Å²) >= 11 is 0. The molecule has 0 saturated carbocycles. The van der Waals surface area contributed by atoms with Crippen molar-refractivity contribution in [1.82, 2.24) is 5.32 Å². The normalized spacial score (nSPS) is 21.4. The van der Waals surface area contributed by atoms with Crippen LogP contribution in [0.5, 0.6) is 5.75 Å². The van der Waals surface area contributed by atoms with Gasteiger partial charge in [0, 0.05) is 22.9 Å². The first-order valence-corrected chi connectivity index (χ1v) is 12.1. The van der Waals surface area contributed by atoms with E-state index in [2.05, 4.69) is 5.32 Å². The van der Waals surface area contributed by atoms with Gasteiger partial charge in [-0.15, -0.1) is 0 Å². The van der Waals surface area contributed by atoms with Gasteiger partial charge in [-0.05, 0) is 43.9 Å². The summed E-state index contributed by atoms with van der Waals surface area (Å²) < 4.78 is 16.2. The standard InChI is InChI=1S/C29H31NO6/c1-17-10-12-20(13-11-17)25-24(29(33)36-15-14-35-21-8-6-5-7-9-21)19(3)30-22-16-18(2)23(28(32)34-4)27(31)26(22)25/h5-13,18,23,25,30H,14-16H2,1-4H3/t18-,23+,25-/m0/s1. The van der Waals surface area contributed by atoms with Gasteiger partial charge < -0.3 is 19.5 Å². The number of allylic oxidation sites excluding steroid dienone is 3. The summed E-state index contributed by atoms with van der Waals surface area (Å²) in [6.45, 7) is 5.89. The van der Waals surface area contributed by atoms with Crippen LogP contribution >= 0.6 is 0 Å². The molecule has 0 saturated heterocycles. The van der Waals surface area contributed by atoms with Crippen LogP contribution < -0.4 is 10.1 Å². The van der Waals surface area contributed by atoms with Crippen LogP contribution in [-0.4, -0.2) is 38.0 Å². The zero-order valence-electron chi connectivity index (χ0n) is 21.0. The fourth-order valence-electron chi connectivity index (χ4n) is 4.93. The van der Waals surface area contributed by atoms with Crippen LogP contribution in [-0.2, 0) is 23.9 Å². The van der Waals surface area contributed by atoms with Gasteiger partial charge in [0.1, 0.15) is 24.9 Å². The second-order valence-corrected chi connectivity index (χ2v) is 9.24. The molecular weight excluding hydrogens is 458 g/mol. The number of carbonyl (C=O) groups excluding carboxylic acids is 3. The van der Waals surface area contributed by atoms with Crippen molar-refractivity contribution < 1.29 is 28.6 Å². The number of carbonyl (C=O) groups is 3. The van der Waals surface area contributed by atoms with Gasteiger partial charge in [0.15, 0.2) is 5.78 Å². The maximum Gasteiger partial charge on any atom is 0.336 e. The number of hydrogen-bond donors (Lipinski definition) is 1. The third-order valence-electron chi connectivity index (χ3n) is 6.70. The Kier molecular flexibility index (Phi) is 7.58. The number of aryl methyl sites for hydroxylation is 1. The lowest BCUT2D eigenvalue weighted by molar-refractivity contribution is -0.151. The Labute approximate surface area is 211 Å². The van der Waals surface area contributed by atoms with E-state index in [0.29, 0.717) is 29.0 Å². The van der Waals surface area contributed by atoms with Gasteiger partial charge in [0.05, 0.1) is 12.7 Å². The third kappa shape index (κ3) is 5.05. The van der Waals surface area contributed by atoms with Gasteiger partial charge >= 0.3 is 11.9 Å². The van der Waals surface area contributed by atoms with E-state index >= 15 is 0 Å². The number of benzene rings is 2. The van der Waals surface area contributed by atoms with Crippen molar-refractivity contribution in [3.63, 3.8) is 0 Å². The van der Waals surface area contributed by atoms with E-state index in [-0.39, 0.29) is 24.9 Å². The predicted octanol–water partition coefficient (Wildman–Crippen LogP) is 4.23. The van der Waals surface area contributed by atoms with E-state index in [4.69, 9.17) is 14.2 Å². The summed E-state index contributed by atoms with van der Waals surface area (Å²) in [6.07, 6.45) is 0.494. The zero-order chi connectivity index (χ0) is 25.8. The Morgan fingerprint density at radius 3 is 2.36 bits per heavy atom. The van der Waals surface area contributed by atoms with E-state index in [9.17, 15) is 14.4 Å². The summed E-state index contributed by atoms with van der Waals surface area (Å²) in [6, 6.07) is 17.0. The van der Waals surface area contributed by atoms with Crippen molar-refractivity contribution in [2.75, 3.05) is 20.3 Å². The van der Waals surface area contributed by atoms with E-state index in [0.717, 1.165) is 16.8 Å². The Balaban J connectivity index is 1.63. The Hall–Kier alpha value is -3.87. The average Bonchev–Trinajstić information content (AvgIpc) is 2.86. The number of para-hydroxylation sites is 1. The summed E-state index contributed by atoms with van der Waals surface area (Å²) in [4.78, 5) is 39.6. The predicted molar refractivity (Wildman–Crippen MR) is 134 cm³/mol. The van der Waals surface area contributed by atoms with Crippen LogP contribution in [0.2, 0.25) is 0 Å². The van der Waals surface area contributed by atoms with Crippen LogP contribution in [0.3, 0.4) is 0 Å². The molecule has 1 heterocycles. The van der Waals surface area contributed by atoms with E-state index < -0.39 is 23.8 Å². The first-order chi connectivity index (χ1) is 17.3. The minimum Gasteiger partial charge on any atom is -0.490 e. The zero-order valence-corrected chi connectivity index (χ0v) is 21.0. The highest BCUT2D eigenvalue weighted by Gasteiger charge is 2.47. The number of ether oxygens (including phenoxy) is 3. The number of rotatable bonds is 7. The summed E-state index contributed by atoms with van der Waals surface area (Å²) in [7, 11) is 1.28. The number of ketones is 1. The highest BCUT2D eigenvalue weighted by molar-refractivity contribution is 6.12. The fraction of sp³-hybridized carbons (Fsp3) is 0.345. The molecule has 0 fully saturated rings. The van der Waals surface area contributed by atoms with Crippen molar-refractivity contribution in [2.24, 2.45) is 11.8 Å². The lowest BCUT2D eigenvalue weighted by Crippen LogP contribution is -2.43. The van der Waals surface area contributed by atoms with Crippen LogP contribution in [0.4, 0.5) is 0 Å². The highest BCUT2D eigenvalue weighted by atomic mass is 16.6. The second-order valence-electron chi connectivity index (χ2n) is 9.24. The highest BCUT2D eigenvalue weighted by Crippen LogP contribution is 2.45. The van der Waals surface area contributed by atoms with E-state index in [1.54, 1.807) is 0 Å². The molecule has 7 nitrogen and oxygen atoms in total. The molecule has 1 aliphatic carbocycles. The summed E-state index contributed by atoms with van der Waals surface area (Å²) in [5.74, 6) is -2.53. The molecule has 36 heavy (non-hydrogen) atoms. The largest absolute Gasteiger partial charge is 0.490 e. The summed E-state index contributed by atoms with van der Waals surface area (Å²) in [5, 5.41) is 3.27. The molecule has 1 N–H and O–H groups in total. The topological polar surface area (TPSA) is 90.9 Å². The SMILES string of the molecule is COC(=O)[C@H]1C(=O)C2=C(C[C@@H]1C)NC(C)=C(C(=O)OCCOc1ccccc1)[C@@H]2c1ccc(C)cc1. The number of Topliss-reactive ketones (excluding diaryl/α,β-unsaturated/α-hetero) is 1. The molecule has 0 unspecified atom stereocenters. The molecule has 3 atom stereocenters. The second kappa shape index (κ2) is 10.8. The van der Waals surface area contributed by atoms with E-state index in [1.165, 1.54) is 7.11 Å². The Morgan fingerprint density at radius 2 is 1.69 bits per heavy atom. The maximum atomic E-state index is 13.7. The molecule has 7 heteroatoms. The molecule has 2 aliphatic rings. The quantitative estimate of drug-likeness (QED) is 0.354. The van der Waals surface area contributed by atoms with Crippen molar-refractivity contribution >= 4 is 17.7 Å². The van der Waals surface area contributed by atoms with Crippen LogP contribution in [0.15, 0.2) is 77.1 Å². The minimum atomic E-state index is -0.918. The molecule has 2 aromatic rings. The number of nitrogens with one attached hydrogen (secondary N) is 1. The number of hydrogen-bond acceptors (Lipinski definition) is 7. The van der Waals surface area contributed by atoms with Crippen LogP contribution in [0.1, 0.15) is 37.3 Å². The number of esters is 2. The lowest BCUT2D eigenvalue weighted by atomic mass is 9.69. The molecule has 0 radical (unpaired) electrons. The lowest BCUT2D eigenvalue weighted by Gasteiger charge is -2.38. The molecule has 2 aromatic carbocycles. The van der Waals surface area contributed by atoms with Gasteiger partial charge in [0.2, 0.25) is 0 Å². The molecular formula is C29H31NO6.